The van der Waals surface area contributed by atoms with Gasteiger partial charge < -0.3 is 25.6 Å². The largest absolute Gasteiger partial charge is 0.478 e. The zero-order valence-electron chi connectivity index (χ0n) is 13.7. The van der Waals surface area contributed by atoms with Gasteiger partial charge in [-0.05, 0) is 17.7 Å². The Bertz CT molecular complexity index is 778. The molecule has 0 aliphatic heterocycles. The van der Waals surface area contributed by atoms with Crippen LogP contribution in [-0.4, -0.2) is 40.8 Å². The molecular formula is C18H18N2O6. The van der Waals surface area contributed by atoms with Crippen LogP contribution in [0.15, 0.2) is 54.6 Å². The van der Waals surface area contributed by atoms with E-state index in [2.05, 4.69) is 5.32 Å². The Morgan fingerprint density at radius 1 is 1.00 bits per heavy atom. The molecule has 136 valence electrons. The molecule has 0 saturated heterocycles. The quantitative estimate of drug-likeness (QED) is 0.409. The minimum Gasteiger partial charge on any atom is -0.478 e. The molecule has 0 bridgehead atoms. The van der Waals surface area contributed by atoms with Gasteiger partial charge in [0, 0.05) is 5.69 Å². The summed E-state index contributed by atoms with van der Waals surface area (Å²) in [5.41, 5.74) is 1.42. The first-order valence-electron chi connectivity index (χ1n) is 7.71. The van der Waals surface area contributed by atoms with Crippen molar-refractivity contribution in [3.05, 3.63) is 65.7 Å². The van der Waals surface area contributed by atoms with E-state index in [1.54, 1.807) is 24.3 Å². The molecule has 0 saturated carbocycles. The summed E-state index contributed by atoms with van der Waals surface area (Å²) in [5, 5.41) is 22.2. The maximum atomic E-state index is 12.3. The number of benzene rings is 2. The number of para-hydroxylation sites is 1. The van der Waals surface area contributed by atoms with Crippen LogP contribution in [0.25, 0.3) is 0 Å². The molecule has 26 heavy (non-hydrogen) atoms. The van der Waals surface area contributed by atoms with Crippen molar-refractivity contribution in [3.63, 3.8) is 0 Å². The number of esters is 1. The van der Waals surface area contributed by atoms with Gasteiger partial charge >= 0.3 is 11.9 Å². The minimum atomic E-state index is -1.99. The Kier molecular flexibility index (Phi) is 6.69. The first kappa shape index (κ1) is 18.9. The van der Waals surface area contributed by atoms with Gasteiger partial charge in [-0.25, -0.2) is 9.59 Å². The second-order valence-corrected chi connectivity index (χ2v) is 5.27. The molecule has 1 unspecified atom stereocenters. The Morgan fingerprint density at radius 2 is 1.65 bits per heavy atom. The number of anilines is 1. The summed E-state index contributed by atoms with van der Waals surface area (Å²) >= 11 is 0. The molecule has 0 aliphatic carbocycles. The van der Waals surface area contributed by atoms with Crippen molar-refractivity contribution in [3.8, 4) is 0 Å². The van der Waals surface area contributed by atoms with Crippen LogP contribution < -0.4 is 10.6 Å². The number of hydrogen-bond donors (Lipinski definition) is 4. The van der Waals surface area contributed by atoms with Crippen LogP contribution in [0.4, 0.5) is 5.69 Å². The lowest BCUT2D eigenvalue weighted by atomic mass is 10.1. The summed E-state index contributed by atoms with van der Waals surface area (Å²) in [6, 6.07) is 15.6. The third-order valence-electron chi connectivity index (χ3n) is 3.33. The average molecular weight is 358 g/mol. The molecular weight excluding hydrogens is 340 g/mol. The lowest BCUT2D eigenvalue weighted by Gasteiger charge is -2.13. The van der Waals surface area contributed by atoms with Gasteiger partial charge in [0.1, 0.15) is 6.61 Å². The topological polar surface area (TPSA) is 125 Å². The molecule has 0 radical (unpaired) electrons. The Balaban J connectivity index is 1.95. The lowest BCUT2D eigenvalue weighted by molar-refractivity contribution is -0.151. The smallest absolute Gasteiger partial charge is 0.353 e. The van der Waals surface area contributed by atoms with Gasteiger partial charge in [-0.1, -0.05) is 42.5 Å². The Hall–Kier alpha value is -3.39. The van der Waals surface area contributed by atoms with E-state index >= 15 is 0 Å². The van der Waals surface area contributed by atoms with Crippen molar-refractivity contribution in [1.82, 2.24) is 5.32 Å². The van der Waals surface area contributed by atoms with Gasteiger partial charge in [-0.2, -0.15) is 0 Å². The second-order valence-electron chi connectivity index (χ2n) is 5.27. The molecule has 2 aromatic carbocycles. The molecule has 1 atom stereocenters. The number of hydrogen-bond acceptors (Lipinski definition) is 6. The fourth-order valence-electron chi connectivity index (χ4n) is 2.06. The summed E-state index contributed by atoms with van der Waals surface area (Å²) in [4.78, 5) is 34.4. The Labute approximate surface area is 149 Å². The zero-order chi connectivity index (χ0) is 18.9. The highest BCUT2D eigenvalue weighted by Gasteiger charge is 2.17. The van der Waals surface area contributed by atoms with Gasteiger partial charge in [0.05, 0.1) is 12.1 Å². The van der Waals surface area contributed by atoms with E-state index in [1.165, 1.54) is 0 Å². The number of nitrogens with one attached hydrogen (secondary N) is 2. The van der Waals surface area contributed by atoms with Crippen molar-refractivity contribution in [2.45, 2.75) is 12.8 Å². The highest BCUT2D eigenvalue weighted by atomic mass is 16.5. The number of carbonyl (C=O) groups is 3. The molecule has 1 amide bonds. The number of carboxylic acid groups (broad SMARTS) is 1. The van der Waals surface area contributed by atoms with Gasteiger partial charge in [0.15, 0.2) is 0 Å². The molecule has 8 heteroatoms. The maximum absolute atomic E-state index is 12.3. The van der Waals surface area contributed by atoms with Crippen LogP contribution in [0.3, 0.4) is 0 Å². The van der Waals surface area contributed by atoms with Gasteiger partial charge in [0.25, 0.3) is 0 Å². The van der Waals surface area contributed by atoms with E-state index in [4.69, 9.17) is 14.9 Å². The van der Waals surface area contributed by atoms with Gasteiger partial charge in [-0.3, -0.25) is 4.79 Å². The number of ether oxygens (including phenoxy) is 1. The predicted molar refractivity (Wildman–Crippen MR) is 92.3 cm³/mol. The van der Waals surface area contributed by atoms with Gasteiger partial charge in [-0.15, -0.1) is 0 Å². The van der Waals surface area contributed by atoms with E-state index < -0.39 is 24.1 Å². The predicted octanol–water partition coefficient (Wildman–Crippen LogP) is 0.975. The molecule has 0 aliphatic rings. The van der Waals surface area contributed by atoms with Crippen molar-refractivity contribution in [1.29, 1.82) is 0 Å². The first-order valence-corrected chi connectivity index (χ1v) is 7.71. The highest BCUT2D eigenvalue weighted by molar-refractivity contribution is 5.96. The van der Waals surface area contributed by atoms with E-state index in [0.29, 0.717) is 5.69 Å². The van der Waals surface area contributed by atoms with E-state index in [9.17, 15) is 14.4 Å². The Morgan fingerprint density at radius 3 is 2.35 bits per heavy atom. The number of carbonyl (C=O) groups excluding carboxylic acids is 2. The van der Waals surface area contributed by atoms with Crippen molar-refractivity contribution < 1.29 is 29.3 Å². The molecule has 0 aromatic heterocycles. The summed E-state index contributed by atoms with van der Waals surface area (Å²) in [7, 11) is 0. The van der Waals surface area contributed by atoms with Crippen molar-refractivity contribution in [2.75, 3.05) is 11.9 Å². The average Bonchev–Trinajstić information content (AvgIpc) is 2.65. The third kappa shape index (κ3) is 5.60. The fraction of sp³-hybridized carbons (Fsp3) is 0.167. The van der Waals surface area contributed by atoms with Crippen LogP contribution in [0, 0.1) is 0 Å². The molecule has 0 heterocycles. The summed E-state index contributed by atoms with van der Waals surface area (Å²) in [6.07, 6.45) is -1.99. The summed E-state index contributed by atoms with van der Waals surface area (Å²) < 4.78 is 5.26. The van der Waals surface area contributed by atoms with E-state index in [-0.39, 0.29) is 18.7 Å². The molecule has 2 rings (SSSR count). The SMILES string of the molecule is O=C(CNc1ccccc1C(=O)OCc1ccccc1)NC(O)C(=O)O. The van der Waals surface area contributed by atoms with Crippen molar-refractivity contribution in [2.24, 2.45) is 0 Å². The van der Waals surface area contributed by atoms with Crippen LogP contribution in [0.5, 0.6) is 0 Å². The van der Waals surface area contributed by atoms with Crippen LogP contribution >= 0.6 is 0 Å². The van der Waals surface area contributed by atoms with Gasteiger partial charge in [0.2, 0.25) is 12.1 Å². The number of carboxylic acids is 1. The molecule has 2 aromatic rings. The number of aliphatic hydroxyl groups is 1. The zero-order valence-corrected chi connectivity index (χ0v) is 13.7. The number of rotatable bonds is 8. The monoisotopic (exact) mass is 358 g/mol. The molecule has 0 fully saturated rings. The third-order valence-corrected chi connectivity index (χ3v) is 3.33. The van der Waals surface area contributed by atoms with Crippen molar-refractivity contribution >= 4 is 23.5 Å². The van der Waals surface area contributed by atoms with Crippen LogP contribution in [0.2, 0.25) is 0 Å². The maximum Gasteiger partial charge on any atom is 0.353 e. The normalized spacial score (nSPS) is 11.3. The first-order chi connectivity index (χ1) is 12.5. The number of aliphatic carboxylic acids is 1. The molecule has 0 spiro atoms. The van der Waals surface area contributed by atoms with Crippen LogP contribution in [-0.2, 0) is 20.9 Å². The summed E-state index contributed by atoms with van der Waals surface area (Å²) in [5.74, 6) is -2.88. The molecule has 4 N–H and O–H groups in total. The van der Waals surface area contributed by atoms with E-state index in [1.807, 2.05) is 35.6 Å². The highest BCUT2D eigenvalue weighted by Crippen LogP contribution is 2.16. The second kappa shape index (κ2) is 9.19. The number of amides is 1. The summed E-state index contributed by atoms with van der Waals surface area (Å²) in [6.45, 7) is -0.216. The molecule has 8 nitrogen and oxygen atoms in total. The van der Waals surface area contributed by atoms with Crippen LogP contribution in [0.1, 0.15) is 15.9 Å². The number of aliphatic hydroxyl groups excluding tert-OH is 1. The fourth-order valence-corrected chi connectivity index (χ4v) is 2.06. The standard InChI is InChI=1S/C18H18N2O6/c21-15(20-16(22)17(23)24)10-19-14-9-5-4-8-13(14)18(25)26-11-12-6-2-1-3-7-12/h1-9,16,19,22H,10-11H2,(H,20,21)(H,23,24). The minimum absolute atomic E-state index is 0.110. The van der Waals surface area contributed by atoms with E-state index in [0.717, 1.165) is 5.56 Å². The lowest BCUT2D eigenvalue weighted by Crippen LogP contribution is -2.43.